The summed E-state index contributed by atoms with van der Waals surface area (Å²) in [5.74, 6) is -0.313. The van der Waals surface area contributed by atoms with Gasteiger partial charge in [0.1, 0.15) is 11.6 Å². The highest BCUT2D eigenvalue weighted by molar-refractivity contribution is 7.89. The summed E-state index contributed by atoms with van der Waals surface area (Å²) < 4.78 is 33.7. The maximum Gasteiger partial charge on any atom is 0.438 e. The molecule has 1 fully saturated rings. The second-order valence-electron chi connectivity index (χ2n) is 6.78. The lowest BCUT2D eigenvalue weighted by Crippen LogP contribution is -2.49. The van der Waals surface area contributed by atoms with E-state index in [-0.39, 0.29) is 35.6 Å². The standard InChI is InChI=1S/C19H18Cl2N4O4S/c20-15-6-7-16(21)17(12-15)30(27,28)24-10-8-23(9-11-24)13-25-19(26)29-18(22-25)14-4-2-1-3-5-14/h1-7,12H,8-11,13H2. The van der Waals surface area contributed by atoms with Crippen LogP contribution < -0.4 is 5.76 Å². The summed E-state index contributed by atoms with van der Waals surface area (Å²) in [5.41, 5.74) is 0.711. The predicted octanol–water partition coefficient (Wildman–Crippen LogP) is 2.77. The minimum Gasteiger partial charge on any atom is -0.388 e. The maximum atomic E-state index is 12.9. The molecular formula is C19H18Cl2N4O4S. The van der Waals surface area contributed by atoms with E-state index in [4.69, 9.17) is 27.6 Å². The van der Waals surface area contributed by atoms with Crippen molar-refractivity contribution < 1.29 is 12.8 Å². The third-order valence-electron chi connectivity index (χ3n) is 4.80. The van der Waals surface area contributed by atoms with Crippen molar-refractivity contribution in [2.75, 3.05) is 26.2 Å². The molecule has 30 heavy (non-hydrogen) atoms. The van der Waals surface area contributed by atoms with Crippen molar-refractivity contribution in [2.24, 2.45) is 0 Å². The van der Waals surface area contributed by atoms with Crippen LogP contribution in [-0.4, -0.2) is 53.6 Å². The zero-order chi connectivity index (χ0) is 21.3. The van der Waals surface area contributed by atoms with Gasteiger partial charge in [0, 0.05) is 36.8 Å². The van der Waals surface area contributed by atoms with Gasteiger partial charge in [0.25, 0.3) is 0 Å². The molecule has 0 amide bonds. The van der Waals surface area contributed by atoms with Crippen LogP contribution in [0.1, 0.15) is 0 Å². The van der Waals surface area contributed by atoms with Gasteiger partial charge < -0.3 is 4.42 Å². The molecular weight excluding hydrogens is 451 g/mol. The number of benzene rings is 2. The molecule has 0 radical (unpaired) electrons. The maximum absolute atomic E-state index is 12.9. The van der Waals surface area contributed by atoms with Crippen molar-refractivity contribution in [2.45, 2.75) is 11.6 Å². The zero-order valence-electron chi connectivity index (χ0n) is 15.7. The Labute approximate surface area is 183 Å². The van der Waals surface area contributed by atoms with E-state index in [1.165, 1.54) is 21.1 Å². The van der Waals surface area contributed by atoms with E-state index in [1.54, 1.807) is 18.2 Å². The molecule has 0 atom stereocenters. The molecule has 0 spiro atoms. The van der Waals surface area contributed by atoms with Gasteiger partial charge in [-0.25, -0.2) is 13.2 Å². The smallest absolute Gasteiger partial charge is 0.388 e. The Kier molecular flexibility index (Phi) is 5.99. The molecule has 158 valence electrons. The third kappa shape index (κ3) is 4.30. The summed E-state index contributed by atoms with van der Waals surface area (Å²) in [4.78, 5) is 14.1. The van der Waals surface area contributed by atoms with Gasteiger partial charge in [0.15, 0.2) is 0 Å². The molecule has 8 nitrogen and oxygen atoms in total. The van der Waals surface area contributed by atoms with Crippen molar-refractivity contribution >= 4 is 33.2 Å². The molecule has 11 heteroatoms. The lowest BCUT2D eigenvalue weighted by Gasteiger charge is -2.33. The summed E-state index contributed by atoms with van der Waals surface area (Å²) in [6, 6.07) is 13.5. The summed E-state index contributed by atoms with van der Waals surface area (Å²) in [7, 11) is -3.76. The molecule has 1 aliphatic rings. The van der Waals surface area contributed by atoms with Crippen LogP contribution in [0, 0.1) is 0 Å². The van der Waals surface area contributed by atoms with E-state index in [0.29, 0.717) is 23.7 Å². The van der Waals surface area contributed by atoms with Gasteiger partial charge in [0.05, 0.1) is 5.02 Å². The molecule has 3 aromatic rings. The van der Waals surface area contributed by atoms with Crippen LogP contribution in [-0.2, 0) is 16.7 Å². The van der Waals surface area contributed by atoms with Crippen LogP contribution in [0.5, 0.6) is 0 Å². The van der Waals surface area contributed by atoms with E-state index >= 15 is 0 Å². The fourth-order valence-electron chi connectivity index (χ4n) is 3.21. The average Bonchev–Trinajstić information content (AvgIpc) is 3.11. The average molecular weight is 469 g/mol. The van der Waals surface area contributed by atoms with E-state index in [1.807, 2.05) is 23.1 Å². The second kappa shape index (κ2) is 8.52. The second-order valence-corrected chi connectivity index (χ2v) is 9.53. The summed E-state index contributed by atoms with van der Waals surface area (Å²) in [6.07, 6.45) is 0. The van der Waals surface area contributed by atoms with Crippen molar-refractivity contribution in [1.29, 1.82) is 0 Å². The predicted molar refractivity (Wildman–Crippen MR) is 113 cm³/mol. The lowest BCUT2D eigenvalue weighted by atomic mass is 10.2. The summed E-state index contributed by atoms with van der Waals surface area (Å²) in [5, 5.41) is 4.67. The third-order valence-corrected chi connectivity index (χ3v) is 7.42. The summed E-state index contributed by atoms with van der Waals surface area (Å²) in [6.45, 7) is 1.57. The molecule has 1 aliphatic heterocycles. The Balaban J connectivity index is 1.44. The van der Waals surface area contributed by atoms with Crippen molar-refractivity contribution in [1.82, 2.24) is 19.0 Å². The van der Waals surface area contributed by atoms with E-state index in [2.05, 4.69) is 5.10 Å². The van der Waals surface area contributed by atoms with Crippen LogP contribution >= 0.6 is 23.2 Å². The number of rotatable bonds is 5. The first-order valence-electron chi connectivity index (χ1n) is 9.15. The van der Waals surface area contributed by atoms with Gasteiger partial charge in [-0.2, -0.15) is 8.99 Å². The van der Waals surface area contributed by atoms with Gasteiger partial charge in [0.2, 0.25) is 15.9 Å². The first-order chi connectivity index (χ1) is 14.3. The first kappa shape index (κ1) is 21.1. The van der Waals surface area contributed by atoms with E-state index in [9.17, 15) is 13.2 Å². The Morgan fingerprint density at radius 3 is 2.40 bits per heavy atom. The quantitative estimate of drug-likeness (QED) is 0.571. The topological polar surface area (TPSA) is 88.7 Å². The van der Waals surface area contributed by atoms with Crippen LogP contribution in [0.25, 0.3) is 11.5 Å². The molecule has 0 bridgehead atoms. The molecule has 0 saturated carbocycles. The fraction of sp³-hybridized carbons (Fsp3) is 0.263. The number of sulfonamides is 1. The molecule has 1 saturated heterocycles. The largest absolute Gasteiger partial charge is 0.438 e. The Hall–Kier alpha value is -2.17. The minimum atomic E-state index is -3.76. The normalized spacial score (nSPS) is 16.1. The van der Waals surface area contributed by atoms with Gasteiger partial charge >= 0.3 is 5.76 Å². The van der Waals surface area contributed by atoms with Crippen LogP contribution in [0.15, 0.2) is 62.6 Å². The first-order valence-corrected chi connectivity index (χ1v) is 11.3. The SMILES string of the molecule is O=c1oc(-c2ccccc2)nn1CN1CCN(S(=O)(=O)c2cc(Cl)ccc2Cl)CC1. The highest BCUT2D eigenvalue weighted by atomic mass is 35.5. The van der Waals surface area contributed by atoms with Crippen LogP contribution in [0.2, 0.25) is 10.0 Å². The van der Waals surface area contributed by atoms with Gasteiger partial charge in [-0.05, 0) is 30.3 Å². The molecule has 0 aliphatic carbocycles. The van der Waals surface area contributed by atoms with Crippen LogP contribution in [0.3, 0.4) is 0 Å². The molecule has 1 aromatic heterocycles. The van der Waals surface area contributed by atoms with Crippen molar-refractivity contribution in [3.63, 3.8) is 0 Å². The van der Waals surface area contributed by atoms with E-state index in [0.717, 1.165) is 0 Å². The number of nitrogens with zero attached hydrogens (tertiary/aromatic N) is 4. The minimum absolute atomic E-state index is 0.00894. The fourth-order valence-corrected chi connectivity index (χ4v) is 5.37. The highest BCUT2D eigenvalue weighted by Crippen LogP contribution is 2.28. The number of hydrogen-bond acceptors (Lipinski definition) is 6. The number of hydrogen-bond donors (Lipinski definition) is 0. The zero-order valence-corrected chi connectivity index (χ0v) is 18.1. The van der Waals surface area contributed by atoms with Crippen LogP contribution in [0.4, 0.5) is 0 Å². The van der Waals surface area contributed by atoms with Gasteiger partial charge in [-0.3, -0.25) is 4.90 Å². The van der Waals surface area contributed by atoms with Crippen molar-refractivity contribution in [3.8, 4) is 11.5 Å². The molecule has 2 heterocycles. The Morgan fingerprint density at radius 1 is 1.00 bits per heavy atom. The molecule has 2 aromatic carbocycles. The van der Waals surface area contributed by atoms with Gasteiger partial charge in [-0.15, -0.1) is 5.10 Å². The van der Waals surface area contributed by atoms with Crippen molar-refractivity contribution in [3.05, 3.63) is 69.1 Å². The van der Waals surface area contributed by atoms with Gasteiger partial charge in [-0.1, -0.05) is 41.4 Å². The Morgan fingerprint density at radius 2 is 1.70 bits per heavy atom. The molecule has 0 N–H and O–H groups in total. The Bertz CT molecular complexity index is 1200. The van der Waals surface area contributed by atoms with E-state index < -0.39 is 15.8 Å². The highest BCUT2D eigenvalue weighted by Gasteiger charge is 2.30. The lowest BCUT2D eigenvalue weighted by molar-refractivity contribution is 0.142. The number of piperazine rings is 1. The number of aromatic nitrogens is 2. The molecule has 4 rings (SSSR count). The molecule has 0 unspecified atom stereocenters. The number of halogens is 2. The summed E-state index contributed by atoms with van der Waals surface area (Å²) >= 11 is 12.0. The monoisotopic (exact) mass is 468 g/mol.